The van der Waals surface area contributed by atoms with Crippen LogP contribution in [-0.4, -0.2) is 25.5 Å². The lowest BCUT2D eigenvalue weighted by molar-refractivity contribution is -0.144. The van der Waals surface area contributed by atoms with Gasteiger partial charge in [0, 0.05) is 18.7 Å². The Morgan fingerprint density at radius 2 is 2.26 bits per heavy atom. The van der Waals surface area contributed by atoms with Gasteiger partial charge in [0.1, 0.15) is 6.61 Å². The van der Waals surface area contributed by atoms with Gasteiger partial charge in [-0.1, -0.05) is 12.1 Å². The number of fused-ring (bicyclic) bond motifs is 1. The summed E-state index contributed by atoms with van der Waals surface area (Å²) in [6, 6.07) is 5.72. The van der Waals surface area contributed by atoms with Crippen molar-refractivity contribution < 1.29 is 14.3 Å². The smallest absolute Gasteiger partial charge is 0.307 e. The second kappa shape index (κ2) is 6.33. The molecule has 0 bridgehead atoms. The topological polar surface area (TPSA) is 67.4 Å². The zero-order valence-corrected chi connectivity index (χ0v) is 11.0. The van der Waals surface area contributed by atoms with Crippen molar-refractivity contribution >= 4 is 17.6 Å². The van der Waals surface area contributed by atoms with E-state index in [9.17, 15) is 9.59 Å². The zero-order chi connectivity index (χ0) is 13.7. The highest BCUT2D eigenvalue weighted by Crippen LogP contribution is 2.23. The van der Waals surface area contributed by atoms with E-state index in [1.807, 2.05) is 18.2 Å². The highest BCUT2D eigenvalue weighted by Gasteiger charge is 2.14. The van der Waals surface area contributed by atoms with Gasteiger partial charge < -0.3 is 15.4 Å². The van der Waals surface area contributed by atoms with Crippen LogP contribution < -0.4 is 10.6 Å². The molecule has 1 heterocycles. The molecule has 1 aromatic carbocycles. The van der Waals surface area contributed by atoms with Crippen molar-refractivity contribution in [3.8, 4) is 0 Å². The van der Waals surface area contributed by atoms with E-state index >= 15 is 0 Å². The highest BCUT2D eigenvalue weighted by atomic mass is 16.5. The number of amides is 1. The lowest BCUT2D eigenvalue weighted by Gasteiger charge is -2.17. The number of carbonyl (C=O) groups is 2. The van der Waals surface area contributed by atoms with Gasteiger partial charge in [-0.05, 0) is 30.7 Å². The van der Waals surface area contributed by atoms with Crippen molar-refractivity contribution in [2.75, 3.05) is 18.9 Å². The average molecular weight is 262 g/mol. The number of ether oxygens (including phenoxy) is 1. The fraction of sp³-hybridized carbons (Fsp3) is 0.429. The van der Waals surface area contributed by atoms with E-state index in [1.165, 1.54) is 0 Å². The summed E-state index contributed by atoms with van der Waals surface area (Å²) in [5, 5.41) is 5.73. The summed E-state index contributed by atoms with van der Waals surface area (Å²) < 4.78 is 5.18. The van der Waals surface area contributed by atoms with Gasteiger partial charge in [0.05, 0.1) is 6.42 Å². The lowest BCUT2D eigenvalue weighted by Crippen LogP contribution is -2.19. The molecule has 0 saturated carbocycles. The molecule has 2 N–H and O–H groups in total. The summed E-state index contributed by atoms with van der Waals surface area (Å²) in [6.45, 7) is 0.902. The van der Waals surface area contributed by atoms with Gasteiger partial charge in [-0.3, -0.25) is 9.59 Å². The molecule has 0 spiro atoms. The summed E-state index contributed by atoms with van der Waals surface area (Å²) in [5.41, 5.74) is 2.91. The number of aryl methyl sites for hydroxylation is 1. The summed E-state index contributed by atoms with van der Waals surface area (Å²) >= 11 is 0. The molecule has 1 aromatic rings. The molecule has 0 saturated heterocycles. The normalized spacial score (nSPS) is 13.6. The molecule has 19 heavy (non-hydrogen) atoms. The molecular weight excluding hydrogens is 244 g/mol. The Labute approximate surface area is 112 Å². The summed E-state index contributed by atoms with van der Waals surface area (Å²) in [5.74, 6) is -0.154. The van der Waals surface area contributed by atoms with E-state index in [1.54, 1.807) is 7.05 Å². The van der Waals surface area contributed by atoms with Crippen LogP contribution in [0, 0.1) is 0 Å². The Balaban J connectivity index is 1.91. The molecule has 1 aliphatic rings. The van der Waals surface area contributed by atoms with Crippen LogP contribution in [0.15, 0.2) is 18.2 Å². The van der Waals surface area contributed by atoms with Gasteiger partial charge in [0.2, 0.25) is 5.91 Å². The van der Waals surface area contributed by atoms with Crippen molar-refractivity contribution in [3.63, 3.8) is 0 Å². The standard InChI is InChI=1S/C14H18N2O3/c1-15-7-6-14(18)19-9-10-2-4-12-11(8-10)3-5-13(17)16-12/h2,4,8,15H,3,5-7,9H2,1H3,(H,16,17). The summed E-state index contributed by atoms with van der Waals surface area (Å²) in [4.78, 5) is 22.6. The van der Waals surface area contributed by atoms with E-state index in [4.69, 9.17) is 4.74 Å². The van der Waals surface area contributed by atoms with Gasteiger partial charge in [-0.25, -0.2) is 0 Å². The second-order valence-electron chi connectivity index (χ2n) is 4.55. The molecule has 0 aliphatic carbocycles. The van der Waals surface area contributed by atoms with E-state index in [0.29, 0.717) is 19.4 Å². The number of benzene rings is 1. The monoisotopic (exact) mass is 262 g/mol. The maximum atomic E-state index is 11.4. The fourth-order valence-corrected chi connectivity index (χ4v) is 1.99. The van der Waals surface area contributed by atoms with Crippen LogP contribution in [0.2, 0.25) is 0 Å². The zero-order valence-electron chi connectivity index (χ0n) is 11.0. The highest BCUT2D eigenvalue weighted by molar-refractivity contribution is 5.93. The SMILES string of the molecule is CNCCC(=O)OCc1ccc2c(c1)CCC(=O)N2. The third-order valence-corrected chi connectivity index (χ3v) is 3.04. The average Bonchev–Trinajstić information content (AvgIpc) is 2.42. The van der Waals surface area contributed by atoms with Gasteiger partial charge in [-0.15, -0.1) is 0 Å². The van der Waals surface area contributed by atoms with Crippen molar-refractivity contribution in [2.24, 2.45) is 0 Å². The number of nitrogens with one attached hydrogen (secondary N) is 2. The third kappa shape index (κ3) is 3.79. The predicted molar refractivity (Wildman–Crippen MR) is 71.7 cm³/mol. The Morgan fingerprint density at radius 3 is 3.05 bits per heavy atom. The Kier molecular flexibility index (Phi) is 4.52. The minimum Gasteiger partial charge on any atom is -0.461 e. The van der Waals surface area contributed by atoms with Gasteiger partial charge in [0.15, 0.2) is 0 Å². The first-order valence-corrected chi connectivity index (χ1v) is 6.41. The number of anilines is 1. The molecule has 5 nitrogen and oxygen atoms in total. The molecule has 2 rings (SSSR count). The first-order valence-electron chi connectivity index (χ1n) is 6.41. The van der Waals surface area contributed by atoms with Crippen LogP contribution in [0.1, 0.15) is 24.0 Å². The van der Waals surface area contributed by atoms with E-state index < -0.39 is 0 Å². The van der Waals surface area contributed by atoms with Crippen LogP contribution in [0.3, 0.4) is 0 Å². The van der Waals surface area contributed by atoms with Gasteiger partial charge >= 0.3 is 5.97 Å². The van der Waals surface area contributed by atoms with Gasteiger partial charge in [0.25, 0.3) is 0 Å². The molecule has 0 unspecified atom stereocenters. The minimum atomic E-state index is -0.208. The number of rotatable bonds is 5. The minimum absolute atomic E-state index is 0.0544. The Bertz CT molecular complexity index is 486. The number of hydrogen-bond acceptors (Lipinski definition) is 4. The summed E-state index contributed by atoms with van der Waals surface area (Å²) in [7, 11) is 1.80. The largest absolute Gasteiger partial charge is 0.461 e. The number of carbonyl (C=O) groups excluding carboxylic acids is 2. The van der Waals surface area contributed by atoms with Crippen LogP contribution in [0.25, 0.3) is 0 Å². The van der Waals surface area contributed by atoms with Gasteiger partial charge in [-0.2, -0.15) is 0 Å². The van der Waals surface area contributed by atoms with E-state index in [2.05, 4.69) is 10.6 Å². The van der Waals surface area contributed by atoms with Crippen LogP contribution in [0.4, 0.5) is 5.69 Å². The predicted octanol–water partition coefficient (Wildman–Crippen LogP) is 1.22. The van der Waals surface area contributed by atoms with Crippen molar-refractivity contribution in [1.29, 1.82) is 0 Å². The van der Waals surface area contributed by atoms with E-state index in [-0.39, 0.29) is 18.5 Å². The molecule has 0 radical (unpaired) electrons. The summed E-state index contributed by atoms with van der Waals surface area (Å²) in [6.07, 6.45) is 1.62. The Hall–Kier alpha value is -1.88. The molecule has 5 heteroatoms. The lowest BCUT2D eigenvalue weighted by atomic mass is 10.0. The van der Waals surface area contributed by atoms with Crippen LogP contribution in [-0.2, 0) is 27.4 Å². The molecule has 0 fully saturated rings. The number of esters is 1. The molecular formula is C14H18N2O3. The first-order chi connectivity index (χ1) is 9.19. The second-order valence-corrected chi connectivity index (χ2v) is 4.55. The molecule has 102 valence electrons. The van der Waals surface area contributed by atoms with Crippen molar-refractivity contribution in [3.05, 3.63) is 29.3 Å². The molecule has 1 aliphatic heterocycles. The van der Waals surface area contributed by atoms with Crippen molar-refractivity contribution in [2.45, 2.75) is 25.9 Å². The fourth-order valence-electron chi connectivity index (χ4n) is 1.99. The quantitative estimate of drug-likeness (QED) is 0.783. The maximum absolute atomic E-state index is 11.4. The van der Waals surface area contributed by atoms with Crippen LogP contribution >= 0.6 is 0 Å². The van der Waals surface area contributed by atoms with E-state index in [0.717, 1.165) is 23.2 Å². The molecule has 1 amide bonds. The first kappa shape index (κ1) is 13.5. The number of hydrogen-bond donors (Lipinski definition) is 2. The Morgan fingerprint density at radius 1 is 1.42 bits per heavy atom. The van der Waals surface area contributed by atoms with Crippen molar-refractivity contribution in [1.82, 2.24) is 5.32 Å². The third-order valence-electron chi connectivity index (χ3n) is 3.04. The maximum Gasteiger partial charge on any atom is 0.307 e. The molecule has 0 aromatic heterocycles. The molecule has 0 atom stereocenters. The van der Waals surface area contributed by atoms with Crippen LogP contribution in [0.5, 0.6) is 0 Å².